The molecule has 0 radical (unpaired) electrons. The molecule has 5 heteroatoms. The Hall–Kier alpha value is -0.940. The summed E-state index contributed by atoms with van der Waals surface area (Å²) in [5.74, 6) is 0. The van der Waals surface area contributed by atoms with Gasteiger partial charge in [0.2, 0.25) is 0 Å². The molecule has 0 atom stereocenters. The van der Waals surface area contributed by atoms with E-state index in [-0.39, 0.29) is 0 Å². The molecule has 0 spiro atoms. The van der Waals surface area contributed by atoms with E-state index in [0.717, 1.165) is 44.5 Å². The van der Waals surface area contributed by atoms with Gasteiger partial charge in [0.1, 0.15) is 0 Å². The quantitative estimate of drug-likeness (QED) is 0.598. The van der Waals surface area contributed by atoms with Gasteiger partial charge >= 0.3 is 0 Å². The Morgan fingerprint density at radius 2 is 1.93 bits per heavy atom. The molecular formula is C9H19N5. The first-order valence-corrected chi connectivity index (χ1v) is 5.16. The van der Waals surface area contributed by atoms with Crippen molar-refractivity contribution < 1.29 is 0 Å². The van der Waals surface area contributed by atoms with Gasteiger partial charge < -0.3 is 11.5 Å². The van der Waals surface area contributed by atoms with Gasteiger partial charge in [-0.15, -0.1) is 5.10 Å². The van der Waals surface area contributed by atoms with Crippen LogP contribution >= 0.6 is 0 Å². The number of rotatable bonds is 7. The molecule has 0 aliphatic heterocycles. The monoisotopic (exact) mass is 197 g/mol. The van der Waals surface area contributed by atoms with Gasteiger partial charge in [0.05, 0.1) is 5.69 Å². The fourth-order valence-electron chi connectivity index (χ4n) is 1.27. The Labute approximate surface area is 84.5 Å². The number of aromatic nitrogens is 3. The number of hydrogen-bond donors (Lipinski definition) is 2. The van der Waals surface area contributed by atoms with Gasteiger partial charge in [0.25, 0.3) is 0 Å². The van der Waals surface area contributed by atoms with Crippen molar-refractivity contribution in [2.75, 3.05) is 13.1 Å². The minimum Gasteiger partial charge on any atom is -0.330 e. The minimum atomic E-state index is 0.697. The summed E-state index contributed by atoms with van der Waals surface area (Å²) in [5, 5.41) is 8.08. The summed E-state index contributed by atoms with van der Waals surface area (Å²) in [6.07, 6.45) is 6.05. The first-order valence-electron chi connectivity index (χ1n) is 5.16. The molecule has 1 aromatic heterocycles. The second-order valence-electron chi connectivity index (χ2n) is 3.36. The molecule has 0 saturated carbocycles. The normalized spacial score (nSPS) is 10.7. The summed E-state index contributed by atoms with van der Waals surface area (Å²) in [5.41, 5.74) is 11.9. The Balaban J connectivity index is 2.27. The smallest absolute Gasteiger partial charge is 0.0827 e. The predicted octanol–water partition coefficient (Wildman–Crippen LogP) is -0.0917. The lowest BCUT2D eigenvalue weighted by molar-refractivity contribution is 0.564. The van der Waals surface area contributed by atoms with Crippen LogP contribution in [0, 0.1) is 0 Å². The molecule has 1 aromatic rings. The Morgan fingerprint density at radius 1 is 1.14 bits per heavy atom. The van der Waals surface area contributed by atoms with Crippen LogP contribution in [-0.4, -0.2) is 28.1 Å². The summed E-state index contributed by atoms with van der Waals surface area (Å²) < 4.78 is 1.85. The highest BCUT2D eigenvalue weighted by Gasteiger charge is 1.99. The van der Waals surface area contributed by atoms with Gasteiger partial charge in [-0.25, -0.2) is 0 Å². The van der Waals surface area contributed by atoms with Gasteiger partial charge in [-0.3, -0.25) is 4.68 Å². The van der Waals surface area contributed by atoms with E-state index in [1.807, 2.05) is 10.9 Å². The molecule has 0 saturated heterocycles. The summed E-state index contributed by atoms with van der Waals surface area (Å²) in [4.78, 5) is 0. The minimum absolute atomic E-state index is 0.697. The highest BCUT2D eigenvalue weighted by atomic mass is 15.4. The summed E-state index contributed by atoms with van der Waals surface area (Å²) in [6, 6.07) is 0. The molecule has 0 unspecified atom stereocenters. The third-order valence-electron chi connectivity index (χ3n) is 2.06. The van der Waals surface area contributed by atoms with Crippen LogP contribution in [0.15, 0.2) is 6.20 Å². The Kier molecular flexibility index (Phi) is 5.17. The molecule has 0 amide bonds. The number of aryl methyl sites for hydroxylation is 2. The van der Waals surface area contributed by atoms with E-state index >= 15 is 0 Å². The number of hydrogen-bond acceptors (Lipinski definition) is 4. The van der Waals surface area contributed by atoms with Gasteiger partial charge in [-0.1, -0.05) is 5.21 Å². The first-order chi connectivity index (χ1) is 6.86. The van der Waals surface area contributed by atoms with Crippen LogP contribution in [0.4, 0.5) is 0 Å². The lowest BCUT2D eigenvalue weighted by atomic mass is 10.2. The molecule has 0 aliphatic carbocycles. The van der Waals surface area contributed by atoms with Crippen molar-refractivity contribution in [3.8, 4) is 0 Å². The van der Waals surface area contributed by atoms with Crippen LogP contribution in [0.2, 0.25) is 0 Å². The zero-order valence-corrected chi connectivity index (χ0v) is 8.52. The Morgan fingerprint density at radius 3 is 2.64 bits per heavy atom. The standard InChI is InChI=1S/C9H19N5/c10-5-2-1-4-9-8-14(13-12-9)7-3-6-11/h8H,1-7,10-11H2. The molecule has 1 rings (SSSR count). The molecule has 1 heterocycles. The lowest BCUT2D eigenvalue weighted by Crippen LogP contribution is -2.06. The average Bonchev–Trinajstić information content (AvgIpc) is 2.63. The molecule has 14 heavy (non-hydrogen) atoms. The fraction of sp³-hybridized carbons (Fsp3) is 0.778. The zero-order valence-electron chi connectivity index (χ0n) is 8.52. The van der Waals surface area contributed by atoms with Crippen LogP contribution in [0.25, 0.3) is 0 Å². The van der Waals surface area contributed by atoms with Gasteiger partial charge in [-0.2, -0.15) is 0 Å². The van der Waals surface area contributed by atoms with E-state index in [2.05, 4.69) is 10.3 Å². The van der Waals surface area contributed by atoms with E-state index in [4.69, 9.17) is 11.5 Å². The second kappa shape index (κ2) is 6.50. The summed E-state index contributed by atoms with van der Waals surface area (Å²) >= 11 is 0. The number of nitrogens with zero attached hydrogens (tertiary/aromatic N) is 3. The third-order valence-corrected chi connectivity index (χ3v) is 2.06. The van der Waals surface area contributed by atoms with Crippen molar-refractivity contribution in [1.82, 2.24) is 15.0 Å². The van der Waals surface area contributed by atoms with Gasteiger partial charge in [0, 0.05) is 12.7 Å². The van der Waals surface area contributed by atoms with Crippen molar-refractivity contribution in [1.29, 1.82) is 0 Å². The maximum Gasteiger partial charge on any atom is 0.0827 e. The maximum absolute atomic E-state index is 5.41. The molecule has 0 aromatic carbocycles. The molecule has 0 fully saturated rings. The van der Waals surface area contributed by atoms with Gasteiger partial charge in [-0.05, 0) is 38.8 Å². The highest BCUT2D eigenvalue weighted by Crippen LogP contribution is 2.00. The largest absolute Gasteiger partial charge is 0.330 e. The molecule has 0 bridgehead atoms. The van der Waals surface area contributed by atoms with E-state index in [1.165, 1.54) is 0 Å². The average molecular weight is 197 g/mol. The van der Waals surface area contributed by atoms with E-state index in [9.17, 15) is 0 Å². The molecular weight excluding hydrogens is 178 g/mol. The van der Waals surface area contributed by atoms with Crippen molar-refractivity contribution in [3.63, 3.8) is 0 Å². The van der Waals surface area contributed by atoms with Crippen molar-refractivity contribution in [3.05, 3.63) is 11.9 Å². The first kappa shape index (κ1) is 11.1. The number of nitrogens with two attached hydrogens (primary N) is 2. The molecule has 4 N–H and O–H groups in total. The fourth-order valence-corrected chi connectivity index (χ4v) is 1.27. The van der Waals surface area contributed by atoms with E-state index in [0.29, 0.717) is 6.54 Å². The Bertz CT molecular complexity index is 245. The van der Waals surface area contributed by atoms with E-state index in [1.54, 1.807) is 0 Å². The van der Waals surface area contributed by atoms with Crippen molar-refractivity contribution in [2.24, 2.45) is 11.5 Å². The van der Waals surface area contributed by atoms with Crippen LogP contribution in [-0.2, 0) is 13.0 Å². The highest BCUT2D eigenvalue weighted by molar-refractivity contribution is 4.92. The zero-order chi connectivity index (χ0) is 10.2. The molecule has 5 nitrogen and oxygen atoms in total. The third kappa shape index (κ3) is 3.85. The molecule has 0 aliphatic rings. The van der Waals surface area contributed by atoms with Crippen molar-refractivity contribution in [2.45, 2.75) is 32.2 Å². The lowest BCUT2D eigenvalue weighted by Gasteiger charge is -1.96. The maximum atomic E-state index is 5.41. The van der Waals surface area contributed by atoms with Crippen LogP contribution < -0.4 is 11.5 Å². The van der Waals surface area contributed by atoms with Crippen LogP contribution in [0.3, 0.4) is 0 Å². The SMILES string of the molecule is NCCCCc1cn(CCCN)nn1. The summed E-state index contributed by atoms with van der Waals surface area (Å²) in [7, 11) is 0. The van der Waals surface area contributed by atoms with Crippen molar-refractivity contribution >= 4 is 0 Å². The number of unbranched alkanes of at least 4 members (excludes halogenated alkanes) is 1. The molecule has 80 valence electrons. The topological polar surface area (TPSA) is 82.8 Å². The second-order valence-corrected chi connectivity index (χ2v) is 3.36. The van der Waals surface area contributed by atoms with Crippen LogP contribution in [0.1, 0.15) is 25.0 Å². The van der Waals surface area contributed by atoms with Gasteiger partial charge in [0.15, 0.2) is 0 Å². The predicted molar refractivity (Wildman–Crippen MR) is 55.7 cm³/mol. The van der Waals surface area contributed by atoms with E-state index < -0.39 is 0 Å². The van der Waals surface area contributed by atoms with Crippen LogP contribution in [0.5, 0.6) is 0 Å². The summed E-state index contributed by atoms with van der Waals surface area (Å²) in [6.45, 7) is 2.31.